The third-order valence-electron chi connectivity index (χ3n) is 4.83. The Hall–Kier alpha value is -0.380. The van der Waals surface area contributed by atoms with Crippen LogP contribution in [0.2, 0.25) is 0 Å². The number of hydrogen-bond acceptors (Lipinski definition) is 3. The summed E-state index contributed by atoms with van der Waals surface area (Å²) < 4.78 is 12.4. The van der Waals surface area contributed by atoms with Crippen molar-refractivity contribution >= 4 is 0 Å². The van der Waals surface area contributed by atoms with Crippen molar-refractivity contribution in [3.05, 3.63) is 11.6 Å². The maximum atomic E-state index is 10.3. The summed E-state index contributed by atoms with van der Waals surface area (Å²) in [7, 11) is 0. The molecule has 1 N–H and O–H groups in total. The largest absolute Gasteiger partial charge is 0.387 e. The summed E-state index contributed by atoms with van der Waals surface area (Å²) in [6.45, 7) is 2.23. The smallest absolute Gasteiger partial charge is 0.218 e. The zero-order valence-corrected chi connectivity index (χ0v) is 11.9. The topological polar surface area (TPSA) is 38.7 Å². The fraction of sp³-hybridized carbons (Fsp3) is 0.875. The molecule has 0 unspecified atom stereocenters. The molecule has 2 heterocycles. The van der Waals surface area contributed by atoms with Crippen molar-refractivity contribution in [2.45, 2.75) is 88.8 Å². The number of aliphatic hydroxyl groups is 1. The first kappa shape index (κ1) is 13.6. The molecule has 2 saturated heterocycles. The number of allylic oxidation sites excluding steroid dienone is 1. The molecule has 3 heteroatoms. The van der Waals surface area contributed by atoms with Crippen LogP contribution in [-0.2, 0) is 9.47 Å². The summed E-state index contributed by atoms with van der Waals surface area (Å²) in [5.74, 6) is -0.767. The van der Waals surface area contributed by atoms with Crippen molar-refractivity contribution in [1.82, 2.24) is 0 Å². The van der Waals surface area contributed by atoms with Crippen LogP contribution < -0.4 is 0 Å². The Morgan fingerprint density at radius 3 is 3.00 bits per heavy atom. The van der Waals surface area contributed by atoms with Crippen LogP contribution in [0, 0.1) is 0 Å². The number of unbranched alkanes of at least 4 members (excludes halogenated alkanes) is 3. The maximum Gasteiger partial charge on any atom is 0.218 e. The lowest BCUT2D eigenvalue weighted by Crippen LogP contribution is -2.49. The third-order valence-corrected chi connectivity index (χ3v) is 4.83. The molecule has 0 radical (unpaired) electrons. The molecule has 3 rings (SSSR count). The fourth-order valence-electron chi connectivity index (χ4n) is 3.74. The van der Waals surface area contributed by atoms with Crippen LogP contribution in [0.3, 0.4) is 0 Å². The molecule has 0 saturated carbocycles. The molecule has 3 aliphatic rings. The normalized spacial score (nSPS) is 40.9. The molecule has 2 fully saturated rings. The van der Waals surface area contributed by atoms with Crippen molar-refractivity contribution in [1.29, 1.82) is 0 Å². The number of aliphatic hydroxyl groups excluding tert-OH is 1. The summed E-state index contributed by atoms with van der Waals surface area (Å²) in [6.07, 6.45) is 12.1. The minimum absolute atomic E-state index is 0.190. The first-order valence-corrected chi connectivity index (χ1v) is 7.99. The maximum absolute atomic E-state index is 10.3. The molecule has 108 valence electrons. The monoisotopic (exact) mass is 266 g/mol. The van der Waals surface area contributed by atoms with Gasteiger partial charge in [-0.3, -0.25) is 0 Å². The Bertz CT molecular complexity index is 352. The van der Waals surface area contributed by atoms with E-state index in [-0.39, 0.29) is 12.2 Å². The summed E-state index contributed by atoms with van der Waals surface area (Å²) in [5.41, 5.74) is 1.19. The van der Waals surface area contributed by atoms with Gasteiger partial charge in [0.25, 0.3) is 0 Å². The van der Waals surface area contributed by atoms with Crippen LogP contribution in [0.1, 0.15) is 64.7 Å². The van der Waals surface area contributed by atoms with Crippen LogP contribution in [0.15, 0.2) is 11.6 Å². The Balaban J connectivity index is 1.65. The van der Waals surface area contributed by atoms with Gasteiger partial charge in [0.2, 0.25) is 5.79 Å². The highest BCUT2D eigenvalue weighted by atomic mass is 16.8. The number of rotatable bonds is 5. The molecule has 4 atom stereocenters. The number of hydrogen-bond donors (Lipinski definition) is 1. The summed E-state index contributed by atoms with van der Waals surface area (Å²) >= 11 is 0. The highest BCUT2D eigenvalue weighted by Crippen LogP contribution is 2.49. The van der Waals surface area contributed by atoms with Crippen molar-refractivity contribution in [2.24, 2.45) is 0 Å². The van der Waals surface area contributed by atoms with Crippen molar-refractivity contribution in [3.63, 3.8) is 0 Å². The molecule has 19 heavy (non-hydrogen) atoms. The Labute approximate surface area is 116 Å². The fourth-order valence-corrected chi connectivity index (χ4v) is 3.74. The number of fused-ring (bicyclic) bond motifs is 1. The average molecular weight is 266 g/mol. The Morgan fingerprint density at radius 2 is 2.16 bits per heavy atom. The second-order valence-corrected chi connectivity index (χ2v) is 6.19. The van der Waals surface area contributed by atoms with E-state index in [0.29, 0.717) is 0 Å². The zero-order valence-electron chi connectivity index (χ0n) is 11.9. The van der Waals surface area contributed by atoms with Crippen molar-refractivity contribution in [3.8, 4) is 0 Å². The summed E-state index contributed by atoms with van der Waals surface area (Å²) in [6, 6.07) is 0. The SMILES string of the molecule is CCCCCC[C@@H]1O[C@]23O[C@H]1CCC2=CCC[C@@H]3O. The quantitative estimate of drug-likeness (QED) is 0.613. The second-order valence-electron chi connectivity index (χ2n) is 6.19. The lowest BCUT2D eigenvalue weighted by molar-refractivity contribution is -0.221. The van der Waals surface area contributed by atoms with Gasteiger partial charge in [-0.2, -0.15) is 0 Å². The van der Waals surface area contributed by atoms with E-state index in [1.54, 1.807) is 0 Å². The molecular formula is C16H26O3. The van der Waals surface area contributed by atoms with Gasteiger partial charge in [0.05, 0.1) is 12.2 Å². The summed E-state index contributed by atoms with van der Waals surface area (Å²) in [4.78, 5) is 0. The lowest BCUT2D eigenvalue weighted by Gasteiger charge is -2.40. The van der Waals surface area contributed by atoms with E-state index >= 15 is 0 Å². The third kappa shape index (κ3) is 2.37. The predicted octanol–water partition coefficient (Wildman–Crippen LogP) is 3.31. The van der Waals surface area contributed by atoms with Crippen LogP contribution in [0.5, 0.6) is 0 Å². The zero-order chi connectivity index (χ0) is 13.3. The molecule has 1 spiro atoms. The van der Waals surface area contributed by atoms with E-state index in [0.717, 1.165) is 32.1 Å². The standard InChI is InChI=1S/C16H26O3/c1-2-3-4-5-8-13-14-11-10-12-7-6-9-15(17)16(12,18-13)19-14/h7,13-15,17H,2-6,8-11H2,1H3/t13-,14-,15-,16-/m0/s1. The van der Waals surface area contributed by atoms with Gasteiger partial charge >= 0.3 is 0 Å². The van der Waals surface area contributed by atoms with Gasteiger partial charge in [-0.05, 0) is 37.7 Å². The van der Waals surface area contributed by atoms with Gasteiger partial charge in [0.15, 0.2) is 0 Å². The van der Waals surface area contributed by atoms with E-state index < -0.39 is 11.9 Å². The molecular weight excluding hydrogens is 240 g/mol. The van der Waals surface area contributed by atoms with Gasteiger partial charge in [-0.1, -0.05) is 38.7 Å². The first-order valence-electron chi connectivity index (χ1n) is 7.99. The van der Waals surface area contributed by atoms with E-state index in [1.807, 2.05) is 0 Å². The highest BCUT2D eigenvalue weighted by Gasteiger charge is 2.57. The molecule has 0 aromatic carbocycles. The number of ether oxygens (including phenoxy) is 2. The Kier molecular flexibility index (Phi) is 3.97. The Morgan fingerprint density at radius 1 is 1.26 bits per heavy atom. The van der Waals surface area contributed by atoms with E-state index in [2.05, 4.69) is 13.0 Å². The van der Waals surface area contributed by atoms with Gasteiger partial charge in [0, 0.05) is 0 Å². The second kappa shape index (κ2) is 5.55. The van der Waals surface area contributed by atoms with Crippen LogP contribution in [-0.4, -0.2) is 29.2 Å². The molecule has 3 nitrogen and oxygen atoms in total. The van der Waals surface area contributed by atoms with Gasteiger partial charge in [-0.25, -0.2) is 0 Å². The minimum atomic E-state index is -0.767. The van der Waals surface area contributed by atoms with Gasteiger partial charge < -0.3 is 14.6 Å². The van der Waals surface area contributed by atoms with E-state index in [4.69, 9.17) is 9.47 Å². The van der Waals surface area contributed by atoms with Crippen LogP contribution in [0.25, 0.3) is 0 Å². The molecule has 1 aliphatic carbocycles. The van der Waals surface area contributed by atoms with Crippen LogP contribution >= 0.6 is 0 Å². The van der Waals surface area contributed by atoms with E-state index in [1.165, 1.54) is 31.3 Å². The van der Waals surface area contributed by atoms with E-state index in [9.17, 15) is 5.11 Å². The lowest BCUT2D eigenvalue weighted by atomic mass is 9.85. The van der Waals surface area contributed by atoms with Crippen molar-refractivity contribution < 1.29 is 14.6 Å². The molecule has 0 amide bonds. The summed E-state index contributed by atoms with van der Waals surface area (Å²) in [5, 5.41) is 10.3. The molecule has 2 aliphatic heterocycles. The van der Waals surface area contributed by atoms with Gasteiger partial charge in [0.1, 0.15) is 6.10 Å². The highest BCUT2D eigenvalue weighted by molar-refractivity contribution is 5.24. The minimum Gasteiger partial charge on any atom is -0.387 e. The van der Waals surface area contributed by atoms with Crippen LogP contribution in [0.4, 0.5) is 0 Å². The molecule has 2 bridgehead atoms. The molecule has 0 aromatic heterocycles. The van der Waals surface area contributed by atoms with Crippen molar-refractivity contribution in [2.75, 3.05) is 0 Å². The molecule has 0 aromatic rings. The predicted molar refractivity (Wildman–Crippen MR) is 73.8 cm³/mol. The van der Waals surface area contributed by atoms with Gasteiger partial charge in [-0.15, -0.1) is 0 Å². The first-order chi connectivity index (χ1) is 9.26. The average Bonchev–Trinajstić information content (AvgIpc) is 2.70.